The van der Waals surface area contributed by atoms with Gasteiger partial charge in [0, 0.05) is 12.1 Å². The van der Waals surface area contributed by atoms with Crippen molar-refractivity contribution >= 4 is 11.6 Å². The minimum atomic E-state index is -0.305. The van der Waals surface area contributed by atoms with Crippen molar-refractivity contribution in [2.75, 3.05) is 23.8 Å². The molecule has 0 aliphatic rings. The molecule has 1 heterocycles. The van der Waals surface area contributed by atoms with E-state index in [0.717, 1.165) is 49.4 Å². The van der Waals surface area contributed by atoms with E-state index in [-0.39, 0.29) is 12.1 Å². The molecule has 0 aliphatic carbocycles. The summed E-state index contributed by atoms with van der Waals surface area (Å²) in [4.78, 5) is 8.70. The molecule has 0 aliphatic heterocycles. The Morgan fingerprint density at radius 3 is 2.25 bits per heavy atom. The molecular formula is C15H28N4O. The van der Waals surface area contributed by atoms with Crippen LogP contribution in [0.15, 0.2) is 6.33 Å². The lowest BCUT2D eigenvalue weighted by Gasteiger charge is -2.32. The molecule has 0 aromatic carbocycles. The SMILES string of the molecule is CCCNc1ncnc(NC(CC)(CC)CO)c1CC. The summed E-state index contributed by atoms with van der Waals surface area (Å²) in [5.41, 5.74) is 0.779. The maximum Gasteiger partial charge on any atom is 0.135 e. The second-order valence-corrected chi connectivity index (χ2v) is 5.10. The molecule has 5 nitrogen and oxygen atoms in total. The van der Waals surface area contributed by atoms with E-state index in [9.17, 15) is 5.11 Å². The zero-order valence-electron chi connectivity index (χ0n) is 13.2. The summed E-state index contributed by atoms with van der Waals surface area (Å²) in [5, 5.41) is 16.5. The van der Waals surface area contributed by atoms with Gasteiger partial charge in [0.2, 0.25) is 0 Å². The molecule has 0 atom stereocenters. The lowest BCUT2D eigenvalue weighted by atomic mass is 9.93. The van der Waals surface area contributed by atoms with Crippen molar-refractivity contribution in [1.29, 1.82) is 0 Å². The summed E-state index contributed by atoms with van der Waals surface area (Å²) >= 11 is 0. The lowest BCUT2D eigenvalue weighted by molar-refractivity contribution is 0.202. The van der Waals surface area contributed by atoms with Crippen LogP contribution in [-0.4, -0.2) is 33.8 Å². The Bertz CT molecular complexity index is 397. The van der Waals surface area contributed by atoms with Crippen LogP contribution in [0, 0.1) is 0 Å². The zero-order chi connectivity index (χ0) is 15.0. The van der Waals surface area contributed by atoms with Crippen molar-refractivity contribution in [2.24, 2.45) is 0 Å². The first-order chi connectivity index (χ1) is 9.66. The average molecular weight is 280 g/mol. The normalized spacial score (nSPS) is 11.4. The van der Waals surface area contributed by atoms with Gasteiger partial charge in [-0.15, -0.1) is 0 Å². The molecule has 1 rings (SSSR count). The van der Waals surface area contributed by atoms with E-state index in [4.69, 9.17) is 0 Å². The molecule has 5 heteroatoms. The largest absolute Gasteiger partial charge is 0.394 e. The van der Waals surface area contributed by atoms with Crippen LogP contribution >= 0.6 is 0 Å². The van der Waals surface area contributed by atoms with Gasteiger partial charge in [0.15, 0.2) is 0 Å². The second kappa shape index (κ2) is 8.04. The lowest BCUT2D eigenvalue weighted by Crippen LogP contribution is -2.41. The summed E-state index contributed by atoms with van der Waals surface area (Å²) in [5.74, 6) is 1.73. The Kier molecular flexibility index (Phi) is 6.71. The number of nitrogens with one attached hydrogen (secondary N) is 2. The number of rotatable bonds is 9. The summed E-state index contributed by atoms with van der Waals surface area (Å²) in [6.07, 6.45) is 5.19. The first-order valence-electron chi connectivity index (χ1n) is 7.63. The smallest absolute Gasteiger partial charge is 0.135 e. The highest BCUT2D eigenvalue weighted by Gasteiger charge is 2.26. The third-order valence-electron chi connectivity index (χ3n) is 3.88. The average Bonchev–Trinajstić information content (AvgIpc) is 2.50. The first-order valence-corrected chi connectivity index (χ1v) is 7.63. The van der Waals surface area contributed by atoms with Gasteiger partial charge in [-0.05, 0) is 25.7 Å². The number of anilines is 2. The number of hydrogen-bond acceptors (Lipinski definition) is 5. The first kappa shape index (κ1) is 16.7. The molecule has 0 saturated carbocycles. The van der Waals surface area contributed by atoms with Crippen molar-refractivity contribution in [3.63, 3.8) is 0 Å². The zero-order valence-corrected chi connectivity index (χ0v) is 13.2. The van der Waals surface area contributed by atoms with Gasteiger partial charge in [-0.1, -0.05) is 27.7 Å². The Morgan fingerprint density at radius 1 is 1.10 bits per heavy atom. The molecular weight excluding hydrogens is 252 g/mol. The molecule has 114 valence electrons. The van der Waals surface area contributed by atoms with E-state index in [2.05, 4.69) is 48.3 Å². The van der Waals surface area contributed by atoms with Gasteiger partial charge in [-0.2, -0.15) is 0 Å². The minimum Gasteiger partial charge on any atom is -0.394 e. The quantitative estimate of drug-likeness (QED) is 0.649. The molecule has 0 saturated heterocycles. The Labute approximate surface area is 122 Å². The number of aromatic nitrogens is 2. The highest BCUT2D eigenvalue weighted by Crippen LogP contribution is 2.26. The Morgan fingerprint density at radius 2 is 1.75 bits per heavy atom. The predicted molar refractivity (Wildman–Crippen MR) is 84.2 cm³/mol. The van der Waals surface area contributed by atoms with Gasteiger partial charge in [-0.25, -0.2) is 9.97 Å². The van der Waals surface area contributed by atoms with E-state index >= 15 is 0 Å². The number of nitrogens with zero attached hydrogens (tertiary/aromatic N) is 2. The third kappa shape index (κ3) is 3.82. The number of aliphatic hydroxyl groups is 1. The topological polar surface area (TPSA) is 70.1 Å². The summed E-state index contributed by atoms with van der Waals surface area (Å²) < 4.78 is 0. The van der Waals surface area contributed by atoms with Crippen molar-refractivity contribution in [3.8, 4) is 0 Å². The van der Waals surface area contributed by atoms with Gasteiger partial charge in [0.25, 0.3) is 0 Å². The monoisotopic (exact) mass is 280 g/mol. The predicted octanol–water partition coefficient (Wildman–Crippen LogP) is 2.82. The molecule has 0 bridgehead atoms. The van der Waals surface area contributed by atoms with Crippen molar-refractivity contribution in [1.82, 2.24) is 9.97 Å². The van der Waals surface area contributed by atoms with Crippen LogP contribution in [0.2, 0.25) is 0 Å². The summed E-state index contributed by atoms with van der Waals surface area (Å²) in [6.45, 7) is 9.38. The fourth-order valence-electron chi connectivity index (χ4n) is 2.19. The van der Waals surface area contributed by atoms with Crippen molar-refractivity contribution in [3.05, 3.63) is 11.9 Å². The van der Waals surface area contributed by atoms with E-state index in [1.807, 2.05) is 0 Å². The van der Waals surface area contributed by atoms with Gasteiger partial charge in [0.05, 0.1) is 12.1 Å². The molecule has 0 amide bonds. The molecule has 3 N–H and O–H groups in total. The van der Waals surface area contributed by atoms with E-state index in [1.165, 1.54) is 0 Å². The number of aliphatic hydroxyl groups excluding tert-OH is 1. The van der Waals surface area contributed by atoms with Crippen molar-refractivity contribution < 1.29 is 5.11 Å². The molecule has 1 aromatic heterocycles. The molecule has 0 radical (unpaired) electrons. The summed E-state index contributed by atoms with van der Waals surface area (Å²) in [7, 11) is 0. The standard InChI is InChI=1S/C15H28N4O/c1-5-9-16-13-12(6-2)14(18-11-17-13)19-15(7-3,8-4)10-20/h11,20H,5-10H2,1-4H3,(H2,16,17,18,19). The maximum atomic E-state index is 9.69. The van der Waals surface area contributed by atoms with Gasteiger partial charge < -0.3 is 15.7 Å². The molecule has 0 spiro atoms. The van der Waals surface area contributed by atoms with Gasteiger partial charge in [-0.3, -0.25) is 0 Å². The van der Waals surface area contributed by atoms with Crippen LogP contribution in [-0.2, 0) is 6.42 Å². The van der Waals surface area contributed by atoms with Crippen LogP contribution in [0.1, 0.15) is 52.5 Å². The van der Waals surface area contributed by atoms with Crippen LogP contribution in [0.25, 0.3) is 0 Å². The van der Waals surface area contributed by atoms with Crippen LogP contribution < -0.4 is 10.6 Å². The fourth-order valence-corrected chi connectivity index (χ4v) is 2.19. The minimum absolute atomic E-state index is 0.102. The van der Waals surface area contributed by atoms with Crippen molar-refractivity contribution in [2.45, 2.75) is 58.9 Å². The highest BCUT2D eigenvalue weighted by atomic mass is 16.3. The van der Waals surface area contributed by atoms with Crippen LogP contribution in [0.5, 0.6) is 0 Å². The molecule has 1 aromatic rings. The number of hydrogen-bond donors (Lipinski definition) is 3. The van der Waals surface area contributed by atoms with Gasteiger partial charge in [0.1, 0.15) is 18.0 Å². The summed E-state index contributed by atoms with van der Waals surface area (Å²) in [6, 6.07) is 0. The highest BCUT2D eigenvalue weighted by molar-refractivity contribution is 5.58. The van der Waals surface area contributed by atoms with Gasteiger partial charge >= 0.3 is 0 Å². The second-order valence-electron chi connectivity index (χ2n) is 5.10. The maximum absolute atomic E-state index is 9.69. The Hall–Kier alpha value is -1.36. The molecule has 0 fully saturated rings. The molecule has 20 heavy (non-hydrogen) atoms. The van der Waals surface area contributed by atoms with E-state index < -0.39 is 0 Å². The van der Waals surface area contributed by atoms with E-state index in [1.54, 1.807) is 6.33 Å². The van der Waals surface area contributed by atoms with Crippen LogP contribution in [0.4, 0.5) is 11.6 Å². The Balaban J connectivity index is 3.05. The van der Waals surface area contributed by atoms with E-state index in [0.29, 0.717) is 0 Å². The fraction of sp³-hybridized carbons (Fsp3) is 0.733. The van der Waals surface area contributed by atoms with Crippen LogP contribution in [0.3, 0.4) is 0 Å². The third-order valence-corrected chi connectivity index (χ3v) is 3.88. The molecule has 0 unspecified atom stereocenters.